The van der Waals surface area contributed by atoms with E-state index in [0.29, 0.717) is 28.3 Å². The molecule has 1 aromatic heterocycles. The fraction of sp³-hybridized carbons (Fsp3) is 0.375. The lowest BCUT2D eigenvalue weighted by Gasteiger charge is -2.14. The topological polar surface area (TPSA) is 84.7 Å². The molecule has 0 bridgehead atoms. The lowest BCUT2D eigenvalue weighted by Crippen LogP contribution is -2.27. The predicted molar refractivity (Wildman–Crippen MR) is 97.2 cm³/mol. The van der Waals surface area contributed by atoms with E-state index in [-0.39, 0.29) is 17.3 Å². The molecule has 8 nitrogen and oxygen atoms in total. The van der Waals surface area contributed by atoms with Gasteiger partial charge in [-0.3, -0.25) is 4.79 Å². The molecule has 2 rings (SSSR count). The van der Waals surface area contributed by atoms with Crippen molar-refractivity contribution >= 4 is 24.3 Å². The van der Waals surface area contributed by atoms with Gasteiger partial charge in [0.25, 0.3) is 11.7 Å². The van der Waals surface area contributed by atoms with Crippen LogP contribution in [0.2, 0.25) is 0 Å². The fourth-order valence-corrected chi connectivity index (χ4v) is 2.15. The van der Waals surface area contributed by atoms with Crippen LogP contribution >= 0.6 is 12.2 Å². The summed E-state index contributed by atoms with van der Waals surface area (Å²) in [6, 6.07) is 4.62. The van der Waals surface area contributed by atoms with Crippen LogP contribution in [0.15, 0.2) is 23.3 Å². The van der Waals surface area contributed by atoms with Crippen molar-refractivity contribution in [3.8, 4) is 11.5 Å². The number of rotatable bonds is 7. The van der Waals surface area contributed by atoms with Crippen molar-refractivity contribution in [3.05, 3.63) is 34.4 Å². The average Bonchev–Trinajstić information content (AvgIpc) is 3.00. The van der Waals surface area contributed by atoms with E-state index in [4.69, 9.17) is 21.7 Å². The number of benzene rings is 1. The van der Waals surface area contributed by atoms with E-state index in [2.05, 4.69) is 15.3 Å². The summed E-state index contributed by atoms with van der Waals surface area (Å²) in [5.74, 6) is -0.849. The van der Waals surface area contributed by atoms with E-state index >= 15 is 0 Å². The molecule has 28 heavy (non-hydrogen) atoms. The Morgan fingerprint density at radius 1 is 1.36 bits per heavy atom. The molecule has 0 unspecified atom stereocenters. The number of likely N-dealkylation sites (N-methyl/N-ethyl adjacent to an activating group) is 1. The fourth-order valence-electron chi connectivity index (χ4n) is 1.97. The second-order valence-corrected chi connectivity index (χ2v) is 6.01. The van der Waals surface area contributed by atoms with Crippen LogP contribution in [0.25, 0.3) is 0 Å². The first-order chi connectivity index (χ1) is 13.1. The van der Waals surface area contributed by atoms with Crippen molar-refractivity contribution < 1.29 is 27.4 Å². The molecule has 0 radical (unpaired) electrons. The normalized spacial score (nSPS) is 11.6. The standard InChI is InChI=1S/C16H18F3N5O3S/c1-4-26-12-7-10(5-6-11(12)27-9-13(25)23(2)3)8-20-24-14(16(17,18)19)21-22-15(24)28/h5-8H,4,9H2,1-3H3,(H,22,28)/b20-8-. The number of ether oxygens (including phenoxy) is 2. The van der Waals surface area contributed by atoms with E-state index in [1.165, 1.54) is 23.2 Å². The van der Waals surface area contributed by atoms with Crippen LogP contribution in [-0.4, -0.2) is 59.2 Å². The Hall–Kier alpha value is -2.89. The highest BCUT2D eigenvalue weighted by atomic mass is 32.1. The SMILES string of the molecule is CCOc1cc(/C=N\n2c(C(F)(F)F)n[nH]c2=S)ccc1OCC(=O)N(C)C. The van der Waals surface area contributed by atoms with Gasteiger partial charge in [-0.25, -0.2) is 5.10 Å². The zero-order valence-electron chi connectivity index (χ0n) is 15.3. The largest absolute Gasteiger partial charge is 0.490 e. The summed E-state index contributed by atoms with van der Waals surface area (Å²) < 4.78 is 49.9. The van der Waals surface area contributed by atoms with Crippen molar-refractivity contribution in [2.75, 3.05) is 27.3 Å². The number of amides is 1. The Morgan fingerprint density at radius 2 is 2.07 bits per heavy atom. The van der Waals surface area contributed by atoms with Crippen LogP contribution in [0.4, 0.5) is 13.2 Å². The van der Waals surface area contributed by atoms with Gasteiger partial charge in [0.15, 0.2) is 18.1 Å². The first kappa shape index (κ1) is 21.4. The molecule has 2 aromatic rings. The molecular formula is C16H18F3N5O3S. The first-order valence-electron chi connectivity index (χ1n) is 8.02. The molecule has 1 amide bonds. The van der Waals surface area contributed by atoms with E-state index in [9.17, 15) is 18.0 Å². The maximum atomic E-state index is 12.9. The second-order valence-electron chi connectivity index (χ2n) is 5.62. The third kappa shape index (κ3) is 5.31. The third-order valence-corrected chi connectivity index (χ3v) is 3.61. The van der Waals surface area contributed by atoms with Crippen molar-refractivity contribution in [1.82, 2.24) is 19.8 Å². The molecule has 12 heteroatoms. The van der Waals surface area contributed by atoms with Crippen molar-refractivity contribution in [3.63, 3.8) is 0 Å². The minimum atomic E-state index is -4.71. The number of carbonyl (C=O) groups is 1. The number of alkyl halides is 3. The van der Waals surface area contributed by atoms with Crippen LogP contribution in [0.1, 0.15) is 18.3 Å². The summed E-state index contributed by atoms with van der Waals surface area (Å²) in [6.45, 7) is 1.90. The molecule has 152 valence electrons. The van der Waals surface area contributed by atoms with E-state index in [0.717, 1.165) is 0 Å². The Kier molecular flexibility index (Phi) is 6.78. The molecule has 0 aliphatic heterocycles. The molecule has 0 fully saturated rings. The van der Waals surface area contributed by atoms with Crippen molar-refractivity contribution in [2.45, 2.75) is 13.1 Å². The molecule has 1 aromatic carbocycles. The molecule has 1 N–H and O–H groups in total. The Morgan fingerprint density at radius 3 is 2.68 bits per heavy atom. The Balaban J connectivity index is 2.27. The van der Waals surface area contributed by atoms with Crippen LogP contribution < -0.4 is 9.47 Å². The maximum absolute atomic E-state index is 12.9. The zero-order valence-corrected chi connectivity index (χ0v) is 16.1. The Bertz CT molecular complexity index is 921. The summed E-state index contributed by atoms with van der Waals surface area (Å²) in [4.78, 5) is 13.0. The van der Waals surface area contributed by atoms with Crippen LogP contribution in [0.5, 0.6) is 11.5 Å². The summed E-state index contributed by atoms with van der Waals surface area (Å²) in [6.07, 6.45) is -3.53. The molecule has 0 spiro atoms. The summed E-state index contributed by atoms with van der Waals surface area (Å²) in [5.41, 5.74) is 0.436. The molecular weight excluding hydrogens is 399 g/mol. The monoisotopic (exact) mass is 417 g/mol. The quantitative estimate of drug-likeness (QED) is 0.553. The molecule has 0 aliphatic rings. The number of aromatic amines is 1. The summed E-state index contributed by atoms with van der Waals surface area (Å²) in [5, 5.41) is 8.95. The van der Waals surface area contributed by atoms with Gasteiger partial charge in [-0.1, -0.05) is 0 Å². The summed E-state index contributed by atoms with van der Waals surface area (Å²) in [7, 11) is 3.20. The molecule has 0 saturated heterocycles. The molecule has 1 heterocycles. The van der Waals surface area contributed by atoms with Gasteiger partial charge in [0.1, 0.15) is 0 Å². The zero-order chi connectivity index (χ0) is 20.9. The number of carbonyl (C=O) groups excluding carboxylic acids is 1. The van der Waals surface area contributed by atoms with Gasteiger partial charge in [-0.05, 0) is 42.9 Å². The van der Waals surface area contributed by atoms with E-state index < -0.39 is 12.0 Å². The van der Waals surface area contributed by atoms with E-state index in [1.807, 2.05) is 0 Å². The molecule has 0 aliphatic carbocycles. The minimum absolute atomic E-state index is 0.181. The predicted octanol–water partition coefficient (Wildman–Crippen LogP) is 2.71. The highest BCUT2D eigenvalue weighted by molar-refractivity contribution is 7.71. The number of aromatic nitrogens is 3. The number of hydrogen-bond donors (Lipinski definition) is 1. The van der Waals surface area contributed by atoms with Gasteiger partial charge in [-0.15, -0.1) is 5.10 Å². The summed E-state index contributed by atoms with van der Waals surface area (Å²) >= 11 is 4.78. The lowest BCUT2D eigenvalue weighted by atomic mass is 10.2. The number of nitrogens with one attached hydrogen (secondary N) is 1. The van der Waals surface area contributed by atoms with Gasteiger partial charge < -0.3 is 14.4 Å². The van der Waals surface area contributed by atoms with Gasteiger partial charge in [0, 0.05) is 14.1 Å². The number of hydrogen-bond acceptors (Lipinski definition) is 6. The minimum Gasteiger partial charge on any atom is -0.490 e. The van der Waals surface area contributed by atoms with Crippen molar-refractivity contribution in [2.24, 2.45) is 5.10 Å². The van der Waals surface area contributed by atoms with E-state index in [1.54, 1.807) is 27.1 Å². The van der Waals surface area contributed by atoms with Crippen molar-refractivity contribution in [1.29, 1.82) is 0 Å². The number of H-pyrrole nitrogens is 1. The maximum Gasteiger partial charge on any atom is 0.453 e. The van der Waals surface area contributed by atoms with Gasteiger partial charge in [-0.2, -0.15) is 22.9 Å². The van der Waals surface area contributed by atoms with Crippen LogP contribution in [0.3, 0.4) is 0 Å². The highest BCUT2D eigenvalue weighted by Crippen LogP contribution is 2.29. The lowest BCUT2D eigenvalue weighted by molar-refractivity contribution is -0.147. The third-order valence-electron chi connectivity index (χ3n) is 3.34. The second kappa shape index (κ2) is 8.87. The average molecular weight is 417 g/mol. The number of halogens is 3. The Labute approximate surface area is 163 Å². The molecule has 0 atom stereocenters. The van der Waals surface area contributed by atoms with Crippen LogP contribution in [0, 0.1) is 4.77 Å². The first-order valence-corrected chi connectivity index (χ1v) is 8.43. The van der Waals surface area contributed by atoms with Crippen LogP contribution in [-0.2, 0) is 11.0 Å². The van der Waals surface area contributed by atoms with Gasteiger partial charge in [0.2, 0.25) is 4.77 Å². The molecule has 0 saturated carbocycles. The highest BCUT2D eigenvalue weighted by Gasteiger charge is 2.37. The van der Waals surface area contributed by atoms with Gasteiger partial charge >= 0.3 is 6.18 Å². The number of nitrogens with zero attached hydrogens (tertiary/aromatic N) is 4. The van der Waals surface area contributed by atoms with Gasteiger partial charge in [0.05, 0.1) is 12.8 Å². The smallest absolute Gasteiger partial charge is 0.453 e.